The Labute approximate surface area is 175 Å². The summed E-state index contributed by atoms with van der Waals surface area (Å²) in [6.45, 7) is 1.83. The largest absolute Gasteiger partial charge is 0.445 e. The number of amides is 2. The SMILES string of the molecule is CS(=O)(=O)N1CCN(c2ccccc2C(=O)Nc2ccc(COC(N)=O)cc2)CC1. The summed E-state index contributed by atoms with van der Waals surface area (Å²) in [7, 11) is -3.22. The number of hydrogen-bond acceptors (Lipinski definition) is 6. The average molecular weight is 433 g/mol. The molecule has 0 saturated carbocycles. The lowest BCUT2D eigenvalue weighted by Crippen LogP contribution is -2.48. The normalized spacial score (nSPS) is 14.9. The Kier molecular flexibility index (Phi) is 6.58. The number of carbonyl (C=O) groups is 2. The summed E-state index contributed by atoms with van der Waals surface area (Å²) in [5, 5.41) is 2.86. The van der Waals surface area contributed by atoms with Gasteiger partial charge in [-0.3, -0.25) is 4.79 Å². The zero-order chi connectivity index (χ0) is 21.7. The summed E-state index contributed by atoms with van der Waals surface area (Å²) in [6, 6.07) is 14.1. The van der Waals surface area contributed by atoms with Gasteiger partial charge in [0.2, 0.25) is 10.0 Å². The number of para-hydroxylation sites is 1. The smallest absolute Gasteiger partial charge is 0.404 e. The molecule has 10 heteroatoms. The molecule has 160 valence electrons. The van der Waals surface area contributed by atoms with Gasteiger partial charge in [-0.1, -0.05) is 24.3 Å². The van der Waals surface area contributed by atoms with E-state index in [1.165, 1.54) is 10.6 Å². The highest BCUT2D eigenvalue weighted by atomic mass is 32.2. The molecular formula is C20H24N4O5S. The van der Waals surface area contributed by atoms with Gasteiger partial charge in [-0.25, -0.2) is 13.2 Å². The number of nitrogens with zero attached hydrogens (tertiary/aromatic N) is 2. The Bertz CT molecular complexity index is 1020. The van der Waals surface area contributed by atoms with Gasteiger partial charge < -0.3 is 20.7 Å². The van der Waals surface area contributed by atoms with E-state index < -0.39 is 16.1 Å². The standard InChI is InChI=1S/C20H24N4O5S/c1-30(27,28)24-12-10-23(11-13-24)18-5-3-2-4-17(18)19(25)22-16-8-6-15(7-9-16)14-29-20(21)26/h2-9H,10-14H2,1H3,(H2,21,26)(H,22,25). The number of carbonyl (C=O) groups excluding carboxylic acids is 2. The van der Waals surface area contributed by atoms with Crippen LogP contribution in [0.25, 0.3) is 0 Å². The molecule has 1 aliphatic heterocycles. The minimum absolute atomic E-state index is 0.0614. The summed E-state index contributed by atoms with van der Waals surface area (Å²) >= 11 is 0. The molecule has 1 fully saturated rings. The number of hydrogen-bond donors (Lipinski definition) is 2. The highest BCUT2D eigenvalue weighted by Crippen LogP contribution is 2.24. The molecule has 1 aliphatic rings. The van der Waals surface area contributed by atoms with Crippen molar-refractivity contribution in [2.75, 3.05) is 42.7 Å². The molecule has 30 heavy (non-hydrogen) atoms. The first-order chi connectivity index (χ1) is 14.2. The molecule has 2 aromatic carbocycles. The van der Waals surface area contributed by atoms with Gasteiger partial charge in [0.05, 0.1) is 11.8 Å². The Balaban J connectivity index is 1.68. The quantitative estimate of drug-likeness (QED) is 0.715. The van der Waals surface area contributed by atoms with Gasteiger partial charge in [-0.15, -0.1) is 0 Å². The number of anilines is 2. The molecule has 2 amide bonds. The summed E-state index contributed by atoms with van der Waals surface area (Å²) in [4.78, 5) is 25.6. The zero-order valence-corrected chi connectivity index (χ0v) is 17.4. The van der Waals surface area contributed by atoms with Gasteiger partial charge in [-0.05, 0) is 29.8 Å². The molecule has 9 nitrogen and oxygen atoms in total. The fraction of sp³-hybridized carbons (Fsp3) is 0.300. The summed E-state index contributed by atoms with van der Waals surface area (Å²) in [5.74, 6) is -0.266. The molecule has 0 radical (unpaired) electrons. The maximum Gasteiger partial charge on any atom is 0.404 e. The van der Waals surface area contributed by atoms with Gasteiger partial charge in [0.15, 0.2) is 0 Å². The highest BCUT2D eigenvalue weighted by Gasteiger charge is 2.25. The van der Waals surface area contributed by atoms with E-state index in [9.17, 15) is 18.0 Å². The van der Waals surface area contributed by atoms with E-state index in [-0.39, 0.29) is 12.5 Å². The molecule has 3 rings (SSSR count). The minimum atomic E-state index is -3.22. The van der Waals surface area contributed by atoms with Crippen LogP contribution >= 0.6 is 0 Å². The molecule has 1 saturated heterocycles. The number of rotatable bonds is 6. The molecule has 0 bridgehead atoms. The van der Waals surface area contributed by atoms with Crippen molar-refractivity contribution in [3.05, 3.63) is 59.7 Å². The number of nitrogens with two attached hydrogens (primary N) is 1. The van der Waals surface area contributed by atoms with Crippen molar-refractivity contribution < 1.29 is 22.7 Å². The Morgan fingerprint density at radius 1 is 1.03 bits per heavy atom. The fourth-order valence-electron chi connectivity index (χ4n) is 3.24. The van der Waals surface area contributed by atoms with Gasteiger partial charge in [0.1, 0.15) is 6.61 Å². The Hall–Kier alpha value is -3.11. The first kappa shape index (κ1) is 21.6. The van der Waals surface area contributed by atoms with Gasteiger partial charge >= 0.3 is 6.09 Å². The number of ether oxygens (including phenoxy) is 1. The average Bonchev–Trinajstić information content (AvgIpc) is 2.72. The first-order valence-corrected chi connectivity index (χ1v) is 11.2. The predicted octanol–water partition coefficient (Wildman–Crippen LogP) is 1.62. The Morgan fingerprint density at radius 3 is 2.27 bits per heavy atom. The van der Waals surface area contributed by atoms with Crippen molar-refractivity contribution in [1.29, 1.82) is 0 Å². The molecule has 3 N–H and O–H groups in total. The monoisotopic (exact) mass is 432 g/mol. The maximum absolute atomic E-state index is 12.9. The van der Waals surface area contributed by atoms with Crippen molar-refractivity contribution in [3.63, 3.8) is 0 Å². The second-order valence-electron chi connectivity index (χ2n) is 6.92. The topological polar surface area (TPSA) is 122 Å². The van der Waals surface area contributed by atoms with Crippen molar-refractivity contribution in [2.24, 2.45) is 5.73 Å². The van der Waals surface area contributed by atoms with Crippen LogP contribution < -0.4 is 16.0 Å². The van der Waals surface area contributed by atoms with E-state index in [0.29, 0.717) is 37.4 Å². The molecule has 0 atom stereocenters. The molecule has 0 aromatic heterocycles. The maximum atomic E-state index is 12.9. The van der Waals surface area contributed by atoms with Crippen molar-refractivity contribution in [2.45, 2.75) is 6.61 Å². The van der Waals surface area contributed by atoms with Crippen LogP contribution in [0.1, 0.15) is 15.9 Å². The summed E-state index contributed by atoms with van der Waals surface area (Å²) in [6.07, 6.45) is 0.358. The third-order valence-corrected chi connectivity index (χ3v) is 6.09. The van der Waals surface area contributed by atoms with E-state index in [0.717, 1.165) is 11.3 Å². The number of nitrogens with one attached hydrogen (secondary N) is 1. The van der Waals surface area contributed by atoms with Crippen LogP contribution in [0.4, 0.5) is 16.2 Å². The third-order valence-electron chi connectivity index (χ3n) is 4.79. The van der Waals surface area contributed by atoms with Crippen LogP contribution in [0, 0.1) is 0 Å². The molecular weight excluding hydrogens is 408 g/mol. The van der Waals surface area contributed by atoms with E-state index in [1.807, 2.05) is 17.0 Å². The van der Waals surface area contributed by atoms with E-state index in [2.05, 4.69) is 5.32 Å². The highest BCUT2D eigenvalue weighted by molar-refractivity contribution is 7.88. The van der Waals surface area contributed by atoms with Crippen LogP contribution in [0.15, 0.2) is 48.5 Å². The zero-order valence-electron chi connectivity index (χ0n) is 16.6. The number of primary amides is 1. The van der Waals surface area contributed by atoms with E-state index >= 15 is 0 Å². The van der Waals surface area contributed by atoms with Crippen molar-refractivity contribution >= 4 is 33.4 Å². The van der Waals surface area contributed by atoms with E-state index in [1.54, 1.807) is 36.4 Å². The van der Waals surface area contributed by atoms with Crippen LogP contribution in [0.3, 0.4) is 0 Å². The summed E-state index contributed by atoms with van der Waals surface area (Å²) in [5.41, 5.74) is 7.56. The molecule has 0 spiro atoms. The van der Waals surface area contributed by atoms with Crippen LogP contribution in [0.5, 0.6) is 0 Å². The lowest BCUT2D eigenvalue weighted by atomic mass is 10.1. The second-order valence-corrected chi connectivity index (χ2v) is 8.91. The predicted molar refractivity (Wildman–Crippen MR) is 114 cm³/mol. The minimum Gasteiger partial charge on any atom is -0.445 e. The lowest BCUT2D eigenvalue weighted by molar-refractivity contribution is 0.102. The molecule has 1 heterocycles. The third kappa shape index (κ3) is 5.49. The molecule has 0 aliphatic carbocycles. The Morgan fingerprint density at radius 2 is 1.67 bits per heavy atom. The van der Waals surface area contributed by atoms with Gasteiger partial charge in [0.25, 0.3) is 5.91 Å². The van der Waals surface area contributed by atoms with Gasteiger partial charge in [-0.2, -0.15) is 4.31 Å². The molecule has 2 aromatic rings. The number of sulfonamides is 1. The van der Waals surface area contributed by atoms with Crippen LogP contribution in [0.2, 0.25) is 0 Å². The molecule has 0 unspecified atom stereocenters. The van der Waals surface area contributed by atoms with Crippen molar-refractivity contribution in [1.82, 2.24) is 4.31 Å². The van der Waals surface area contributed by atoms with Crippen LogP contribution in [-0.4, -0.2) is 57.2 Å². The van der Waals surface area contributed by atoms with Gasteiger partial charge in [0, 0.05) is 37.6 Å². The van der Waals surface area contributed by atoms with Crippen LogP contribution in [-0.2, 0) is 21.4 Å². The summed E-state index contributed by atoms with van der Waals surface area (Å²) < 4.78 is 29.6. The second kappa shape index (κ2) is 9.14. The lowest BCUT2D eigenvalue weighted by Gasteiger charge is -2.35. The van der Waals surface area contributed by atoms with E-state index in [4.69, 9.17) is 10.5 Å². The van der Waals surface area contributed by atoms with Crippen molar-refractivity contribution in [3.8, 4) is 0 Å². The number of piperazine rings is 1. The number of benzene rings is 2. The first-order valence-electron chi connectivity index (χ1n) is 9.35. The fourth-order valence-corrected chi connectivity index (χ4v) is 4.07.